The molecule has 0 spiro atoms. The van der Waals surface area contributed by atoms with Gasteiger partial charge in [-0.05, 0) is 101 Å². The van der Waals surface area contributed by atoms with Crippen LogP contribution in [0.2, 0.25) is 0 Å². The molecule has 0 fully saturated rings. The number of benzene rings is 9. The van der Waals surface area contributed by atoms with Gasteiger partial charge in [-0.2, -0.15) is 0 Å². The Morgan fingerprint density at radius 3 is 1.49 bits per heavy atom. The molecule has 10 rings (SSSR count). The standard InChI is InChI=1S/C48H30O/c1-3-13-31(14-4-1)33-23-25-38-39-26-24-34(30-46(39)49-45(38)29-33)35-27-28-44(37-18-8-7-17-36(35)37)48-42-21-11-9-19-40(42)47(32-15-5-2-6-16-32)41-20-10-12-22-43(41)48/h1-30H/i1D,3D,4D,7D,8D,13D,14D,17D,18D,23D,24D,25D,26D,27D,28D,29D,30D. The van der Waals surface area contributed by atoms with E-state index in [1.165, 1.54) is 0 Å². The number of rotatable bonds is 4. The molecule has 0 saturated heterocycles. The van der Waals surface area contributed by atoms with E-state index in [0.717, 1.165) is 21.9 Å². The van der Waals surface area contributed by atoms with Crippen molar-refractivity contribution in [2.45, 2.75) is 0 Å². The number of hydrogen-bond acceptors (Lipinski definition) is 1. The topological polar surface area (TPSA) is 13.1 Å². The van der Waals surface area contributed by atoms with Crippen molar-refractivity contribution in [3.05, 3.63) is 182 Å². The van der Waals surface area contributed by atoms with Gasteiger partial charge in [0.25, 0.3) is 0 Å². The molecule has 0 aliphatic heterocycles. The zero-order valence-electron chi connectivity index (χ0n) is 42.4. The Morgan fingerprint density at radius 1 is 0.327 bits per heavy atom. The van der Waals surface area contributed by atoms with Gasteiger partial charge in [0.1, 0.15) is 11.2 Å². The van der Waals surface area contributed by atoms with Crippen LogP contribution in [0.1, 0.15) is 23.3 Å². The van der Waals surface area contributed by atoms with E-state index in [0.29, 0.717) is 16.3 Å². The third-order valence-corrected chi connectivity index (χ3v) is 8.75. The molecule has 1 nitrogen and oxygen atoms in total. The second-order valence-corrected chi connectivity index (χ2v) is 11.5. The Kier molecular flexibility index (Phi) is 3.54. The SMILES string of the molecule is [2H]c1c([2H])c([2H])c(-c2c([2H])c([2H])c3c(oc4c([2H])c(-c5c([2H])c([2H])c(-c6c7ccccc7c(-c7ccccc7)c7ccccc67)c6c([2H])c([2H])c([2H])c([2H])c56)c([2H])c([2H])c43)c2[2H])c([2H])c1[2H]. The van der Waals surface area contributed by atoms with Crippen LogP contribution in [-0.2, 0) is 0 Å². The van der Waals surface area contributed by atoms with E-state index in [2.05, 4.69) is 0 Å². The highest BCUT2D eigenvalue weighted by atomic mass is 16.3. The van der Waals surface area contributed by atoms with Crippen LogP contribution < -0.4 is 0 Å². The summed E-state index contributed by atoms with van der Waals surface area (Å²) in [6.07, 6.45) is 0. The predicted molar refractivity (Wildman–Crippen MR) is 208 cm³/mol. The van der Waals surface area contributed by atoms with Crippen LogP contribution in [0.15, 0.2) is 186 Å². The normalized spacial score (nSPS) is 16.5. The summed E-state index contributed by atoms with van der Waals surface area (Å²) in [7, 11) is 0. The van der Waals surface area contributed by atoms with Gasteiger partial charge in [0.15, 0.2) is 0 Å². The molecular formula is C48H30O. The maximum atomic E-state index is 9.80. The van der Waals surface area contributed by atoms with Crippen LogP contribution in [0, 0.1) is 0 Å². The first kappa shape index (κ1) is 15.6. The summed E-state index contributed by atoms with van der Waals surface area (Å²) >= 11 is 0. The number of hydrogen-bond donors (Lipinski definition) is 0. The van der Waals surface area contributed by atoms with Crippen molar-refractivity contribution in [2.24, 2.45) is 0 Å². The van der Waals surface area contributed by atoms with Crippen molar-refractivity contribution in [3.63, 3.8) is 0 Å². The number of furan rings is 1. The first-order valence-corrected chi connectivity index (χ1v) is 15.5. The first-order valence-electron chi connectivity index (χ1n) is 24.0. The van der Waals surface area contributed by atoms with E-state index < -0.39 is 136 Å². The Labute approximate surface area is 308 Å². The van der Waals surface area contributed by atoms with Crippen LogP contribution in [0.3, 0.4) is 0 Å². The fourth-order valence-electron chi connectivity index (χ4n) is 6.64. The van der Waals surface area contributed by atoms with Crippen LogP contribution in [0.25, 0.3) is 98.8 Å². The summed E-state index contributed by atoms with van der Waals surface area (Å²) in [5, 5.41) is 1.65. The molecule has 0 saturated carbocycles. The van der Waals surface area contributed by atoms with Crippen LogP contribution in [0.4, 0.5) is 0 Å². The predicted octanol–water partition coefficient (Wildman–Crippen LogP) is 13.7. The average molecular weight is 640 g/mol. The minimum absolute atomic E-state index is 0.00702. The zero-order valence-corrected chi connectivity index (χ0v) is 25.4. The molecule has 0 atom stereocenters. The molecule has 228 valence electrons. The maximum absolute atomic E-state index is 9.80. The van der Waals surface area contributed by atoms with Crippen molar-refractivity contribution in [2.75, 3.05) is 0 Å². The van der Waals surface area contributed by atoms with E-state index in [9.17, 15) is 9.60 Å². The molecule has 0 bridgehead atoms. The Hall–Kier alpha value is -6.44. The summed E-state index contributed by atoms with van der Waals surface area (Å²) in [6.45, 7) is 0. The summed E-state index contributed by atoms with van der Waals surface area (Å²) in [4.78, 5) is 0. The van der Waals surface area contributed by atoms with Gasteiger partial charge in [-0.25, -0.2) is 0 Å². The smallest absolute Gasteiger partial charge is 0.136 e. The lowest BCUT2D eigenvalue weighted by Crippen LogP contribution is -1.92. The lowest BCUT2D eigenvalue weighted by atomic mass is 9.84. The molecule has 1 heterocycles. The third kappa shape index (κ3) is 4.40. The monoisotopic (exact) mass is 639 g/mol. The van der Waals surface area contributed by atoms with E-state index in [4.69, 9.17) is 18.1 Å². The van der Waals surface area contributed by atoms with E-state index in [1.807, 2.05) is 78.9 Å². The van der Waals surface area contributed by atoms with Crippen molar-refractivity contribution < 1.29 is 27.7 Å². The van der Waals surface area contributed by atoms with Gasteiger partial charge in [-0.3, -0.25) is 0 Å². The molecule has 1 aromatic heterocycles. The molecular weight excluding hydrogens is 593 g/mol. The molecule has 10 aromatic rings. The molecule has 0 amide bonds. The molecule has 9 aromatic carbocycles. The molecule has 0 aliphatic carbocycles. The van der Waals surface area contributed by atoms with Gasteiger partial charge in [0.2, 0.25) is 0 Å². The first-order chi connectivity index (χ1) is 31.4. The largest absolute Gasteiger partial charge is 0.456 e. The maximum Gasteiger partial charge on any atom is 0.136 e. The van der Waals surface area contributed by atoms with Crippen molar-refractivity contribution in [3.8, 4) is 44.5 Å². The van der Waals surface area contributed by atoms with Gasteiger partial charge in [-0.1, -0.05) is 157 Å². The van der Waals surface area contributed by atoms with Crippen molar-refractivity contribution >= 4 is 54.3 Å². The fourth-order valence-corrected chi connectivity index (χ4v) is 6.64. The third-order valence-electron chi connectivity index (χ3n) is 8.75. The second kappa shape index (κ2) is 11.1. The van der Waals surface area contributed by atoms with Gasteiger partial charge in [-0.15, -0.1) is 0 Å². The molecule has 0 unspecified atom stereocenters. The summed E-state index contributed by atoms with van der Waals surface area (Å²) in [5.74, 6) is 0. The Morgan fingerprint density at radius 2 is 0.837 bits per heavy atom. The van der Waals surface area contributed by atoms with E-state index in [1.54, 1.807) is 0 Å². The lowest BCUT2D eigenvalue weighted by Gasteiger charge is -2.19. The van der Waals surface area contributed by atoms with E-state index in [-0.39, 0.29) is 27.1 Å². The average Bonchev–Trinajstić information content (AvgIpc) is 3.74. The summed E-state index contributed by atoms with van der Waals surface area (Å²) < 4.78 is 159. The minimum Gasteiger partial charge on any atom is -0.456 e. The molecule has 49 heavy (non-hydrogen) atoms. The van der Waals surface area contributed by atoms with Crippen molar-refractivity contribution in [1.82, 2.24) is 0 Å². The number of fused-ring (bicyclic) bond motifs is 6. The molecule has 0 aliphatic rings. The Bertz CT molecular complexity index is 3760. The van der Waals surface area contributed by atoms with Crippen molar-refractivity contribution in [1.29, 1.82) is 0 Å². The van der Waals surface area contributed by atoms with Crippen LogP contribution in [0.5, 0.6) is 0 Å². The highest BCUT2D eigenvalue weighted by Gasteiger charge is 2.19. The summed E-state index contributed by atoms with van der Waals surface area (Å²) in [6, 6.07) is 13.0. The molecule has 0 N–H and O–H groups in total. The van der Waals surface area contributed by atoms with Gasteiger partial charge in [0, 0.05) is 10.8 Å². The molecule has 0 radical (unpaired) electrons. The van der Waals surface area contributed by atoms with Gasteiger partial charge < -0.3 is 4.42 Å². The quantitative estimate of drug-likeness (QED) is 0.175. The minimum atomic E-state index is -0.742. The zero-order chi connectivity index (χ0) is 47.1. The second-order valence-electron chi connectivity index (χ2n) is 11.5. The summed E-state index contributed by atoms with van der Waals surface area (Å²) in [5.41, 5.74) is -0.763. The van der Waals surface area contributed by atoms with Crippen LogP contribution in [-0.4, -0.2) is 0 Å². The highest BCUT2D eigenvalue weighted by Crippen LogP contribution is 2.46. The lowest BCUT2D eigenvalue weighted by molar-refractivity contribution is 0.669. The highest BCUT2D eigenvalue weighted by molar-refractivity contribution is 6.24. The van der Waals surface area contributed by atoms with Crippen LogP contribution >= 0.6 is 0 Å². The van der Waals surface area contributed by atoms with E-state index >= 15 is 0 Å². The molecule has 1 heteroatoms. The fraction of sp³-hybridized carbons (Fsp3) is 0. The Balaban J connectivity index is 1.35. The van der Waals surface area contributed by atoms with Gasteiger partial charge in [0.05, 0.1) is 23.3 Å². The van der Waals surface area contributed by atoms with Gasteiger partial charge >= 0.3 is 0 Å².